The Balaban J connectivity index is -0.000000686. The Morgan fingerprint density at radius 2 is 1.00 bits per heavy atom. The van der Waals surface area contributed by atoms with Crippen LogP contribution in [0.4, 0.5) is 0 Å². The minimum Gasteiger partial charge on any atom is -0.396 e. The highest BCUT2D eigenvalue weighted by Gasteiger charge is 2.00. The van der Waals surface area contributed by atoms with Crippen molar-refractivity contribution in [2.24, 2.45) is 17.4 Å². The van der Waals surface area contributed by atoms with Gasteiger partial charge >= 0.3 is 0 Å². The van der Waals surface area contributed by atoms with Gasteiger partial charge in [0.1, 0.15) is 6.29 Å². The van der Waals surface area contributed by atoms with Gasteiger partial charge in [-0.25, -0.2) is 0 Å². The maximum Gasteiger partial charge on any atom is 0.136 e. The molecule has 42 heavy (non-hydrogen) atoms. The fraction of sp³-hybridized carbons (Fsp3) is 0.921. The first-order valence-corrected chi connectivity index (χ1v) is 18.8. The fourth-order valence-electron chi connectivity index (χ4n) is 5.06. The quantitative estimate of drug-likeness (QED) is 0.0422. The van der Waals surface area contributed by atoms with Gasteiger partial charge in [-0.3, -0.25) is 0 Å². The lowest BCUT2D eigenvalue weighted by atomic mass is 10.0. The first kappa shape index (κ1) is 45.7. The molecule has 0 saturated heterocycles. The Morgan fingerprint density at radius 1 is 0.595 bits per heavy atom. The number of hydrogen-bond acceptors (Lipinski definition) is 4. The third-order valence-electron chi connectivity index (χ3n) is 8.11. The number of carbonyl (C=O) groups excluding carboxylic acids is 1. The van der Waals surface area contributed by atoms with Crippen molar-refractivity contribution < 1.29 is 9.90 Å². The highest BCUT2D eigenvalue weighted by Crippen LogP contribution is 2.14. The van der Waals surface area contributed by atoms with Crippen LogP contribution in [-0.2, 0) is 4.79 Å². The molecule has 0 aliphatic heterocycles. The van der Waals surface area contributed by atoms with E-state index in [0.717, 1.165) is 38.5 Å². The minimum atomic E-state index is -0.237. The van der Waals surface area contributed by atoms with Crippen molar-refractivity contribution in [2.75, 3.05) is 13.2 Å². The van der Waals surface area contributed by atoms with Crippen LogP contribution in [0.3, 0.4) is 0 Å². The van der Waals surface area contributed by atoms with E-state index in [4.69, 9.17) is 16.6 Å². The number of carbonyl (C=O) groups is 1. The molecular formula is C38H80N2O2. The zero-order valence-corrected chi connectivity index (χ0v) is 29.4. The van der Waals surface area contributed by atoms with Gasteiger partial charge in [0.15, 0.2) is 0 Å². The predicted molar refractivity (Wildman–Crippen MR) is 190 cm³/mol. The molecule has 0 aliphatic carbocycles. The third kappa shape index (κ3) is 43.7. The molecule has 0 fully saturated rings. The van der Waals surface area contributed by atoms with Crippen molar-refractivity contribution >= 4 is 6.29 Å². The molecule has 254 valence electrons. The van der Waals surface area contributed by atoms with Crippen LogP contribution >= 0.6 is 0 Å². The molecule has 0 amide bonds. The van der Waals surface area contributed by atoms with Crippen molar-refractivity contribution in [1.29, 1.82) is 0 Å². The zero-order chi connectivity index (χ0) is 31.8. The van der Waals surface area contributed by atoms with Gasteiger partial charge in [-0.2, -0.15) is 0 Å². The van der Waals surface area contributed by atoms with E-state index in [1.165, 1.54) is 148 Å². The largest absolute Gasteiger partial charge is 0.396 e. The number of aliphatic hydroxyl groups is 1. The summed E-state index contributed by atoms with van der Waals surface area (Å²) in [5.41, 5.74) is 11.0. The van der Waals surface area contributed by atoms with Gasteiger partial charge < -0.3 is 21.4 Å². The second kappa shape index (κ2) is 44.7. The summed E-state index contributed by atoms with van der Waals surface area (Å²) in [4.78, 5) is 10.3. The Morgan fingerprint density at radius 3 is 1.38 bits per heavy atom. The topological polar surface area (TPSA) is 89.3 Å². The second-order valence-electron chi connectivity index (χ2n) is 12.1. The lowest BCUT2D eigenvalue weighted by Gasteiger charge is -2.06. The summed E-state index contributed by atoms with van der Waals surface area (Å²) >= 11 is 0. The summed E-state index contributed by atoms with van der Waals surface area (Å²) in [7, 11) is 0. The number of nitrogens with two attached hydrogens (primary N) is 2. The second-order valence-corrected chi connectivity index (χ2v) is 12.1. The number of aldehydes is 1. The van der Waals surface area contributed by atoms with Crippen molar-refractivity contribution in [3.63, 3.8) is 0 Å². The molecule has 0 radical (unpaired) electrons. The van der Waals surface area contributed by atoms with Crippen molar-refractivity contribution in [1.82, 2.24) is 0 Å². The summed E-state index contributed by atoms with van der Waals surface area (Å²) < 4.78 is 0. The standard InChI is InChI=1S/C20H40O.C16H34N2O.C2H6/c1-3-5-6-7-8-9-10-11-12-13-14-15-16-17-18-20(4-2)19-21;17-14-12-10-8-6-4-2-1-3-5-7-9-11-13-16(18)15-19;1-2/h16-17,20-21H,3-15,18-19H2,1-2H3;15-16H,1-14,17-18H2;1-2H3/b17-16+;;. The molecule has 0 aromatic heterocycles. The molecule has 2 unspecified atom stereocenters. The zero-order valence-electron chi connectivity index (χ0n) is 29.4. The number of aliphatic hydroxyl groups excluding tert-OH is 1. The SMILES string of the molecule is CC.CCCCCCCCCCCCC/C=C/CC(CC)CO.NCCCCCCCCCCCCCCC(N)C=O. The van der Waals surface area contributed by atoms with Gasteiger partial charge in [0, 0.05) is 6.61 Å². The average Bonchev–Trinajstić information content (AvgIpc) is 3.02. The number of unbranched alkanes of at least 4 members (excludes halogenated alkanes) is 22. The maximum absolute atomic E-state index is 10.3. The molecule has 0 rings (SSSR count). The van der Waals surface area contributed by atoms with E-state index >= 15 is 0 Å². The summed E-state index contributed by atoms with van der Waals surface area (Å²) in [5, 5.41) is 9.10. The Kier molecular flexibility index (Phi) is 48.7. The predicted octanol–water partition coefficient (Wildman–Crippen LogP) is 11.2. The van der Waals surface area contributed by atoms with Crippen molar-refractivity contribution in [3.8, 4) is 0 Å². The maximum atomic E-state index is 10.3. The molecule has 0 aliphatic rings. The summed E-state index contributed by atoms with van der Waals surface area (Å²) in [6.45, 7) is 9.61. The molecule has 4 heteroatoms. The Labute approximate surface area is 265 Å². The van der Waals surface area contributed by atoms with E-state index in [1.54, 1.807) is 0 Å². The summed E-state index contributed by atoms with van der Waals surface area (Å²) in [5.74, 6) is 0.471. The van der Waals surface area contributed by atoms with Crippen LogP contribution in [-0.4, -0.2) is 30.6 Å². The lowest BCUT2D eigenvalue weighted by Crippen LogP contribution is -2.20. The van der Waals surface area contributed by atoms with Crippen molar-refractivity contribution in [2.45, 2.75) is 207 Å². The van der Waals surface area contributed by atoms with Crippen LogP contribution in [0.2, 0.25) is 0 Å². The van der Waals surface area contributed by atoms with Gasteiger partial charge in [0.05, 0.1) is 6.04 Å². The first-order chi connectivity index (χ1) is 20.7. The molecule has 0 spiro atoms. The molecular weight excluding hydrogens is 516 g/mol. The Hall–Kier alpha value is -0.710. The highest BCUT2D eigenvalue weighted by atomic mass is 16.3. The number of rotatable bonds is 31. The molecule has 0 aromatic rings. The normalized spacial score (nSPS) is 12.4. The van der Waals surface area contributed by atoms with E-state index in [-0.39, 0.29) is 6.04 Å². The number of allylic oxidation sites excluding steroid dienone is 2. The highest BCUT2D eigenvalue weighted by molar-refractivity contribution is 5.56. The molecule has 5 N–H and O–H groups in total. The number of hydrogen-bond donors (Lipinski definition) is 3. The van der Waals surface area contributed by atoms with Gasteiger partial charge in [-0.1, -0.05) is 181 Å². The van der Waals surface area contributed by atoms with Crippen LogP contribution in [0.5, 0.6) is 0 Å². The van der Waals surface area contributed by atoms with E-state index < -0.39 is 0 Å². The van der Waals surface area contributed by atoms with Gasteiger partial charge in [-0.15, -0.1) is 0 Å². The molecule has 2 atom stereocenters. The summed E-state index contributed by atoms with van der Waals surface area (Å²) in [6, 6.07) is -0.237. The lowest BCUT2D eigenvalue weighted by molar-refractivity contribution is -0.109. The fourth-order valence-corrected chi connectivity index (χ4v) is 5.06. The van der Waals surface area contributed by atoms with E-state index in [0.29, 0.717) is 12.5 Å². The van der Waals surface area contributed by atoms with E-state index in [9.17, 15) is 4.79 Å². The smallest absolute Gasteiger partial charge is 0.136 e. The third-order valence-corrected chi connectivity index (χ3v) is 8.11. The van der Waals surface area contributed by atoms with Crippen molar-refractivity contribution in [3.05, 3.63) is 12.2 Å². The minimum absolute atomic E-state index is 0.237. The molecule has 0 bridgehead atoms. The average molecular weight is 597 g/mol. The molecule has 0 saturated carbocycles. The molecule has 0 heterocycles. The van der Waals surface area contributed by atoms with Crippen LogP contribution < -0.4 is 11.5 Å². The summed E-state index contributed by atoms with van der Waals surface area (Å²) in [6.07, 6.45) is 40.9. The van der Waals surface area contributed by atoms with Crippen LogP contribution in [0, 0.1) is 5.92 Å². The van der Waals surface area contributed by atoms with Gasteiger partial charge in [0.25, 0.3) is 0 Å². The monoisotopic (exact) mass is 597 g/mol. The Bertz CT molecular complexity index is 480. The van der Waals surface area contributed by atoms with Crippen LogP contribution in [0.15, 0.2) is 12.2 Å². The van der Waals surface area contributed by atoms with E-state index in [2.05, 4.69) is 26.0 Å². The van der Waals surface area contributed by atoms with Crippen LogP contribution in [0.1, 0.15) is 201 Å². The first-order valence-electron chi connectivity index (χ1n) is 18.8. The van der Waals surface area contributed by atoms with E-state index in [1.807, 2.05) is 13.8 Å². The van der Waals surface area contributed by atoms with Crippen LogP contribution in [0.25, 0.3) is 0 Å². The molecule has 4 nitrogen and oxygen atoms in total. The van der Waals surface area contributed by atoms with Gasteiger partial charge in [-0.05, 0) is 44.6 Å². The molecule has 0 aromatic carbocycles. The van der Waals surface area contributed by atoms with Gasteiger partial charge in [0.2, 0.25) is 0 Å².